The van der Waals surface area contributed by atoms with E-state index in [1.54, 1.807) is 0 Å². The summed E-state index contributed by atoms with van der Waals surface area (Å²) in [4.78, 5) is 12.1. The van der Waals surface area contributed by atoms with E-state index < -0.39 is 0 Å². The molecule has 2 rings (SSSR count). The highest BCUT2D eigenvalue weighted by Crippen LogP contribution is 2.29. The Morgan fingerprint density at radius 2 is 1.39 bits per heavy atom. The molecular formula is C17H26O. The van der Waals surface area contributed by atoms with Crippen LogP contribution in [0.5, 0.6) is 0 Å². The molecule has 0 amide bonds. The van der Waals surface area contributed by atoms with E-state index in [0.717, 1.165) is 25.7 Å². The summed E-state index contributed by atoms with van der Waals surface area (Å²) in [7, 11) is 0. The number of hydrogen-bond donors (Lipinski definition) is 0. The Bertz CT molecular complexity index is 308. The average Bonchev–Trinajstić information content (AvgIpc) is 2.28. The van der Waals surface area contributed by atoms with Crippen LogP contribution in [-0.4, -0.2) is 5.78 Å². The van der Waals surface area contributed by atoms with E-state index in [0.29, 0.717) is 29.5 Å². The standard InChI is InChI=1S/C17H26O/c1-13-5-3-7-15(9-13)11-17(18)12-16-8-4-6-14(2)10-16/h3-6,13-16H,7-12H2,1-2H3. The van der Waals surface area contributed by atoms with Crippen LogP contribution in [0, 0.1) is 23.7 Å². The van der Waals surface area contributed by atoms with Crippen LogP contribution in [0.2, 0.25) is 0 Å². The minimum absolute atomic E-state index is 0.495. The molecule has 1 nitrogen and oxygen atoms in total. The van der Waals surface area contributed by atoms with Crippen molar-refractivity contribution in [2.24, 2.45) is 23.7 Å². The first-order chi connectivity index (χ1) is 8.63. The van der Waals surface area contributed by atoms with Crippen LogP contribution in [0.4, 0.5) is 0 Å². The monoisotopic (exact) mass is 246 g/mol. The predicted molar refractivity (Wildman–Crippen MR) is 76.3 cm³/mol. The van der Waals surface area contributed by atoms with E-state index in [9.17, 15) is 4.79 Å². The smallest absolute Gasteiger partial charge is 0.133 e. The lowest BCUT2D eigenvalue weighted by molar-refractivity contribution is -0.121. The molecule has 18 heavy (non-hydrogen) atoms. The van der Waals surface area contributed by atoms with Crippen molar-refractivity contribution in [2.75, 3.05) is 0 Å². The summed E-state index contributed by atoms with van der Waals surface area (Å²) in [5, 5.41) is 0. The van der Waals surface area contributed by atoms with Crippen LogP contribution in [0.15, 0.2) is 24.3 Å². The van der Waals surface area contributed by atoms with Crippen molar-refractivity contribution < 1.29 is 4.79 Å². The molecule has 0 N–H and O–H groups in total. The Kier molecular flexibility index (Phi) is 4.79. The number of hydrogen-bond acceptors (Lipinski definition) is 1. The van der Waals surface area contributed by atoms with E-state index in [1.807, 2.05) is 0 Å². The van der Waals surface area contributed by atoms with E-state index in [1.165, 1.54) is 12.8 Å². The summed E-state index contributed by atoms with van der Waals surface area (Å²) in [6.07, 6.45) is 15.3. The molecule has 0 heterocycles. The van der Waals surface area contributed by atoms with E-state index in [4.69, 9.17) is 0 Å². The Balaban J connectivity index is 1.75. The van der Waals surface area contributed by atoms with Gasteiger partial charge in [-0.25, -0.2) is 0 Å². The van der Waals surface area contributed by atoms with Crippen LogP contribution >= 0.6 is 0 Å². The summed E-state index contributed by atoms with van der Waals surface area (Å²) < 4.78 is 0. The van der Waals surface area contributed by atoms with Crippen LogP contribution in [-0.2, 0) is 4.79 Å². The van der Waals surface area contributed by atoms with Crippen molar-refractivity contribution in [1.82, 2.24) is 0 Å². The lowest BCUT2D eigenvalue weighted by Crippen LogP contribution is -2.18. The molecule has 0 fully saturated rings. The lowest BCUT2D eigenvalue weighted by atomic mass is 9.80. The average molecular weight is 246 g/mol. The van der Waals surface area contributed by atoms with Gasteiger partial charge in [0.25, 0.3) is 0 Å². The number of rotatable bonds is 4. The van der Waals surface area contributed by atoms with Gasteiger partial charge in [0.1, 0.15) is 5.78 Å². The van der Waals surface area contributed by atoms with Crippen LogP contribution in [0.1, 0.15) is 52.4 Å². The van der Waals surface area contributed by atoms with Crippen LogP contribution < -0.4 is 0 Å². The van der Waals surface area contributed by atoms with Crippen LogP contribution in [0.3, 0.4) is 0 Å². The quantitative estimate of drug-likeness (QED) is 0.666. The van der Waals surface area contributed by atoms with E-state index in [-0.39, 0.29) is 0 Å². The molecule has 4 unspecified atom stereocenters. The lowest BCUT2D eigenvalue weighted by Gasteiger charge is -2.24. The van der Waals surface area contributed by atoms with E-state index in [2.05, 4.69) is 38.2 Å². The van der Waals surface area contributed by atoms with Gasteiger partial charge in [-0.1, -0.05) is 38.2 Å². The highest BCUT2D eigenvalue weighted by Gasteiger charge is 2.22. The Hall–Kier alpha value is -0.850. The van der Waals surface area contributed by atoms with Crippen molar-refractivity contribution in [3.05, 3.63) is 24.3 Å². The molecule has 0 aromatic rings. The summed E-state index contributed by atoms with van der Waals surface area (Å²) in [5.41, 5.74) is 0. The SMILES string of the molecule is CC1C=CCC(CC(=O)CC2CC=CC(C)C2)C1. The third kappa shape index (κ3) is 4.12. The molecule has 0 spiro atoms. The van der Waals surface area contributed by atoms with Gasteiger partial charge in [0.15, 0.2) is 0 Å². The van der Waals surface area contributed by atoms with Gasteiger partial charge in [0, 0.05) is 12.8 Å². The molecule has 1 heteroatoms. The van der Waals surface area contributed by atoms with Crippen molar-refractivity contribution >= 4 is 5.78 Å². The fourth-order valence-electron chi connectivity index (χ4n) is 3.47. The molecule has 0 aliphatic heterocycles. The maximum absolute atomic E-state index is 12.1. The van der Waals surface area contributed by atoms with Gasteiger partial charge < -0.3 is 0 Å². The van der Waals surface area contributed by atoms with Crippen LogP contribution in [0.25, 0.3) is 0 Å². The largest absolute Gasteiger partial charge is 0.300 e. The minimum Gasteiger partial charge on any atom is -0.300 e. The molecular weight excluding hydrogens is 220 g/mol. The van der Waals surface area contributed by atoms with Gasteiger partial charge in [-0.2, -0.15) is 0 Å². The van der Waals surface area contributed by atoms with Gasteiger partial charge in [-0.15, -0.1) is 0 Å². The Morgan fingerprint density at radius 1 is 0.944 bits per heavy atom. The van der Waals surface area contributed by atoms with Crippen molar-refractivity contribution in [3.8, 4) is 0 Å². The second-order valence-corrected chi connectivity index (χ2v) is 6.43. The fraction of sp³-hybridized carbons (Fsp3) is 0.706. The zero-order valence-corrected chi connectivity index (χ0v) is 11.8. The second-order valence-electron chi connectivity index (χ2n) is 6.43. The maximum atomic E-state index is 12.1. The Morgan fingerprint density at radius 3 is 1.78 bits per heavy atom. The van der Waals surface area contributed by atoms with Crippen molar-refractivity contribution in [2.45, 2.75) is 52.4 Å². The van der Waals surface area contributed by atoms with Gasteiger partial charge in [-0.3, -0.25) is 4.79 Å². The third-order valence-corrected chi connectivity index (χ3v) is 4.31. The maximum Gasteiger partial charge on any atom is 0.133 e. The van der Waals surface area contributed by atoms with Gasteiger partial charge in [0.2, 0.25) is 0 Å². The Labute approximate surface area is 111 Å². The predicted octanol–water partition coefficient (Wildman–Crippen LogP) is 4.54. The summed E-state index contributed by atoms with van der Waals surface area (Å²) in [6.45, 7) is 4.50. The summed E-state index contributed by atoms with van der Waals surface area (Å²) in [6, 6.07) is 0. The third-order valence-electron chi connectivity index (χ3n) is 4.31. The number of carbonyl (C=O) groups excluding carboxylic acids is 1. The highest BCUT2D eigenvalue weighted by atomic mass is 16.1. The summed E-state index contributed by atoms with van der Waals surface area (Å²) >= 11 is 0. The van der Waals surface area contributed by atoms with Gasteiger partial charge in [0.05, 0.1) is 0 Å². The number of ketones is 1. The first kappa shape index (κ1) is 13.6. The zero-order valence-electron chi connectivity index (χ0n) is 11.8. The molecule has 0 bridgehead atoms. The fourth-order valence-corrected chi connectivity index (χ4v) is 3.47. The molecule has 0 radical (unpaired) electrons. The molecule has 2 aliphatic rings. The molecule has 0 aromatic carbocycles. The molecule has 100 valence electrons. The summed E-state index contributed by atoms with van der Waals surface area (Å²) in [5.74, 6) is 3.03. The number of Topliss-reactive ketones (excluding diaryl/α,β-unsaturated/α-hetero) is 1. The number of allylic oxidation sites excluding steroid dienone is 4. The van der Waals surface area contributed by atoms with Gasteiger partial charge in [-0.05, 0) is 49.4 Å². The van der Waals surface area contributed by atoms with Crippen molar-refractivity contribution in [3.63, 3.8) is 0 Å². The first-order valence-electron chi connectivity index (χ1n) is 7.48. The zero-order chi connectivity index (χ0) is 13.0. The van der Waals surface area contributed by atoms with Gasteiger partial charge >= 0.3 is 0 Å². The molecule has 0 saturated carbocycles. The number of carbonyl (C=O) groups is 1. The van der Waals surface area contributed by atoms with Crippen molar-refractivity contribution in [1.29, 1.82) is 0 Å². The molecule has 2 aliphatic carbocycles. The highest BCUT2D eigenvalue weighted by molar-refractivity contribution is 5.79. The second kappa shape index (κ2) is 6.36. The molecule has 0 saturated heterocycles. The molecule has 0 aromatic heterocycles. The minimum atomic E-state index is 0.495. The molecule has 4 atom stereocenters. The first-order valence-corrected chi connectivity index (χ1v) is 7.48. The van der Waals surface area contributed by atoms with E-state index >= 15 is 0 Å². The topological polar surface area (TPSA) is 17.1 Å². The normalized spacial score (nSPS) is 35.7.